The first-order valence-electron chi connectivity index (χ1n) is 5.49. The van der Waals surface area contributed by atoms with Crippen molar-refractivity contribution in [1.29, 1.82) is 5.26 Å². The van der Waals surface area contributed by atoms with Gasteiger partial charge in [-0.1, -0.05) is 5.16 Å². The van der Waals surface area contributed by atoms with Crippen LogP contribution in [-0.4, -0.2) is 32.2 Å². The molecular formula is C10H14N4O3S. The molecule has 1 aromatic rings. The average Bonchev–Trinajstić information content (AvgIpc) is 2.86. The van der Waals surface area contributed by atoms with Crippen molar-refractivity contribution in [3.05, 3.63) is 11.5 Å². The van der Waals surface area contributed by atoms with Crippen LogP contribution >= 0.6 is 0 Å². The molecule has 1 saturated heterocycles. The Bertz CT molecular complexity index is 574. The summed E-state index contributed by atoms with van der Waals surface area (Å²) < 4.78 is 31.8. The smallest absolute Gasteiger partial charge is 0.247 e. The van der Waals surface area contributed by atoms with Gasteiger partial charge in [0.2, 0.25) is 10.0 Å². The highest BCUT2D eigenvalue weighted by Crippen LogP contribution is 2.23. The van der Waals surface area contributed by atoms with Gasteiger partial charge in [0.15, 0.2) is 5.76 Å². The average molecular weight is 270 g/mol. The molecule has 0 saturated carbocycles. The Labute approximate surface area is 105 Å². The van der Waals surface area contributed by atoms with Crippen LogP contribution in [0.2, 0.25) is 0 Å². The molecule has 98 valence electrons. The van der Waals surface area contributed by atoms with Gasteiger partial charge in [-0.2, -0.15) is 9.98 Å². The molecule has 0 spiro atoms. The van der Waals surface area contributed by atoms with Crippen LogP contribution in [0, 0.1) is 25.2 Å². The summed E-state index contributed by atoms with van der Waals surface area (Å²) in [7, 11) is -3.80. The van der Waals surface area contributed by atoms with Crippen LogP contribution in [0.15, 0.2) is 9.42 Å². The van der Waals surface area contributed by atoms with Gasteiger partial charge in [-0.05, 0) is 26.8 Å². The quantitative estimate of drug-likeness (QED) is 0.789. The van der Waals surface area contributed by atoms with E-state index >= 15 is 0 Å². The number of hydrogen-bond acceptors (Lipinski definition) is 6. The van der Waals surface area contributed by atoms with Crippen LogP contribution in [0.25, 0.3) is 0 Å². The maximum absolute atomic E-state index is 12.3. The molecule has 1 fully saturated rings. The molecule has 2 rings (SSSR count). The Morgan fingerprint density at radius 1 is 1.56 bits per heavy atom. The topological polar surface area (TPSA) is 108 Å². The first-order chi connectivity index (χ1) is 8.40. The fourth-order valence-corrected chi connectivity index (χ4v) is 3.74. The van der Waals surface area contributed by atoms with E-state index in [1.165, 1.54) is 6.92 Å². The fraction of sp³-hybridized carbons (Fsp3) is 0.600. The van der Waals surface area contributed by atoms with Crippen molar-refractivity contribution in [2.24, 2.45) is 0 Å². The summed E-state index contributed by atoms with van der Waals surface area (Å²) in [6.07, 6.45) is 0.437. The van der Waals surface area contributed by atoms with E-state index in [2.05, 4.69) is 15.2 Å². The molecule has 8 heteroatoms. The third kappa shape index (κ3) is 2.12. The second-order valence-corrected chi connectivity index (χ2v) is 6.00. The van der Waals surface area contributed by atoms with E-state index in [-0.39, 0.29) is 10.7 Å². The zero-order valence-corrected chi connectivity index (χ0v) is 11.0. The van der Waals surface area contributed by atoms with Gasteiger partial charge < -0.3 is 9.84 Å². The van der Waals surface area contributed by atoms with Crippen LogP contribution < -0.4 is 10.0 Å². The van der Waals surface area contributed by atoms with Crippen LogP contribution in [-0.2, 0) is 10.0 Å². The lowest BCUT2D eigenvalue weighted by Crippen LogP contribution is -2.48. The minimum atomic E-state index is -3.80. The normalized spacial score (nSPS) is 24.1. The second-order valence-electron chi connectivity index (χ2n) is 4.38. The molecule has 0 aromatic carbocycles. The number of nitrogens with one attached hydrogen (secondary N) is 2. The summed E-state index contributed by atoms with van der Waals surface area (Å²) in [5.41, 5.74) is -0.798. The Morgan fingerprint density at radius 2 is 2.28 bits per heavy atom. The molecule has 2 N–H and O–H groups in total. The lowest BCUT2D eigenvalue weighted by atomic mass is 10.0. The predicted octanol–water partition coefficient (Wildman–Crippen LogP) is -0.175. The maximum atomic E-state index is 12.3. The van der Waals surface area contributed by atoms with Gasteiger partial charge in [0, 0.05) is 6.54 Å². The highest BCUT2D eigenvalue weighted by Gasteiger charge is 2.40. The predicted molar refractivity (Wildman–Crippen MR) is 62.1 cm³/mol. The molecule has 1 atom stereocenters. The molecule has 1 aliphatic rings. The van der Waals surface area contributed by atoms with Crippen LogP contribution in [0.3, 0.4) is 0 Å². The third-order valence-corrected chi connectivity index (χ3v) is 4.72. The number of nitrogens with zero attached hydrogens (tertiary/aromatic N) is 2. The number of sulfonamides is 1. The minimum Gasteiger partial charge on any atom is -0.360 e. The van der Waals surface area contributed by atoms with Crippen molar-refractivity contribution >= 4 is 10.0 Å². The molecule has 1 aliphatic heterocycles. The SMILES string of the molecule is Cc1noc(C)c1S(=O)(=O)N[C@]1(C#N)CCNC1. The first-order valence-corrected chi connectivity index (χ1v) is 6.97. The Hall–Kier alpha value is -1.43. The number of nitriles is 1. The zero-order valence-electron chi connectivity index (χ0n) is 10.1. The van der Waals surface area contributed by atoms with Crippen LogP contribution in [0.5, 0.6) is 0 Å². The molecule has 0 amide bonds. The molecule has 18 heavy (non-hydrogen) atoms. The van der Waals surface area contributed by atoms with E-state index in [0.717, 1.165) is 0 Å². The third-order valence-electron chi connectivity index (χ3n) is 2.94. The highest BCUT2D eigenvalue weighted by atomic mass is 32.2. The molecule has 0 aliphatic carbocycles. The summed E-state index contributed by atoms with van der Waals surface area (Å²) in [6.45, 7) is 3.99. The van der Waals surface area contributed by atoms with Gasteiger partial charge in [-0.25, -0.2) is 8.42 Å². The van der Waals surface area contributed by atoms with Gasteiger partial charge in [0.05, 0.1) is 6.07 Å². The Morgan fingerprint density at radius 3 is 2.72 bits per heavy atom. The lowest BCUT2D eigenvalue weighted by molar-refractivity contribution is 0.390. The summed E-state index contributed by atoms with van der Waals surface area (Å²) in [5.74, 6) is 0.221. The summed E-state index contributed by atoms with van der Waals surface area (Å²) in [5, 5.41) is 15.7. The van der Waals surface area contributed by atoms with E-state index in [0.29, 0.717) is 25.2 Å². The van der Waals surface area contributed by atoms with Gasteiger partial charge in [0.1, 0.15) is 16.1 Å². The van der Waals surface area contributed by atoms with Crippen molar-refractivity contribution in [2.75, 3.05) is 13.1 Å². The fourth-order valence-electron chi connectivity index (χ4n) is 2.06. The summed E-state index contributed by atoms with van der Waals surface area (Å²) in [6, 6.07) is 2.03. The van der Waals surface area contributed by atoms with E-state index < -0.39 is 15.6 Å². The lowest BCUT2D eigenvalue weighted by Gasteiger charge is -2.20. The minimum absolute atomic E-state index is 0.0176. The largest absolute Gasteiger partial charge is 0.360 e. The van der Waals surface area contributed by atoms with E-state index in [1.807, 2.05) is 6.07 Å². The molecule has 0 unspecified atom stereocenters. The zero-order chi connectivity index (χ0) is 13.4. The number of aryl methyl sites for hydroxylation is 2. The number of rotatable bonds is 3. The van der Waals surface area contributed by atoms with E-state index in [4.69, 9.17) is 9.78 Å². The van der Waals surface area contributed by atoms with Crippen LogP contribution in [0.4, 0.5) is 0 Å². The van der Waals surface area contributed by atoms with Gasteiger partial charge >= 0.3 is 0 Å². The molecule has 7 nitrogen and oxygen atoms in total. The standard InChI is InChI=1S/C10H14N4O3S/c1-7-9(8(2)17-13-7)18(15,16)14-10(5-11)3-4-12-6-10/h12,14H,3-4,6H2,1-2H3/t10-/m0/s1. The van der Waals surface area contributed by atoms with Crippen molar-refractivity contribution in [3.63, 3.8) is 0 Å². The van der Waals surface area contributed by atoms with Crippen molar-refractivity contribution in [3.8, 4) is 6.07 Å². The van der Waals surface area contributed by atoms with Crippen molar-refractivity contribution in [2.45, 2.75) is 30.7 Å². The van der Waals surface area contributed by atoms with Crippen LogP contribution in [0.1, 0.15) is 17.9 Å². The van der Waals surface area contributed by atoms with Gasteiger partial charge in [-0.3, -0.25) is 0 Å². The number of aromatic nitrogens is 1. The van der Waals surface area contributed by atoms with Gasteiger partial charge in [0.25, 0.3) is 0 Å². The Kier molecular flexibility index (Phi) is 3.14. The molecule has 2 heterocycles. The highest BCUT2D eigenvalue weighted by molar-refractivity contribution is 7.89. The molecule has 0 radical (unpaired) electrons. The molecule has 1 aromatic heterocycles. The maximum Gasteiger partial charge on any atom is 0.247 e. The number of hydrogen-bond donors (Lipinski definition) is 2. The first kappa shape index (κ1) is 13.0. The van der Waals surface area contributed by atoms with E-state index in [1.54, 1.807) is 6.92 Å². The van der Waals surface area contributed by atoms with Crippen molar-refractivity contribution < 1.29 is 12.9 Å². The molecule has 0 bridgehead atoms. The summed E-state index contributed by atoms with van der Waals surface area (Å²) in [4.78, 5) is 0.0176. The monoisotopic (exact) mass is 270 g/mol. The van der Waals surface area contributed by atoms with E-state index in [9.17, 15) is 8.42 Å². The Balaban J connectivity index is 2.37. The summed E-state index contributed by atoms with van der Waals surface area (Å²) >= 11 is 0. The van der Waals surface area contributed by atoms with Gasteiger partial charge in [-0.15, -0.1) is 0 Å². The van der Waals surface area contributed by atoms with Crippen molar-refractivity contribution in [1.82, 2.24) is 15.2 Å². The second kappa shape index (κ2) is 4.35. The molecular weight excluding hydrogens is 256 g/mol.